The third-order valence-electron chi connectivity index (χ3n) is 4.24. The van der Waals surface area contributed by atoms with Gasteiger partial charge in [0.25, 0.3) is 0 Å². The van der Waals surface area contributed by atoms with Crippen molar-refractivity contribution in [1.29, 1.82) is 0 Å². The fourth-order valence-electron chi connectivity index (χ4n) is 2.87. The van der Waals surface area contributed by atoms with Gasteiger partial charge in [-0.3, -0.25) is 14.5 Å². The van der Waals surface area contributed by atoms with Gasteiger partial charge >= 0.3 is 5.97 Å². The average molecular weight is 354 g/mol. The minimum Gasteiger partial charge on any atom is -0.463 e. The summed E-state index contributed by atoms with van der Waals surface area (Å²) < 4.78 is 10.8. The Hall–Kier alpha value is -2.86. The molecule has 136 valence electrons. The van der Waals surface area contributed by atoms with Gasteiger partial charge in [0.1, 0.15) is 24.1 Å². The number of ether oxygens (including phenoxy) is 2. The highest BCUT2D eigenvalue weighted by Gasteiger charge is 2.32. The van der Waals surface area contributed by atoms with E-state index in [1.54, 1.807) is 24.3 Å². The number of nitrogens with one attached hydrogen (secondary N) is 1. The smallest absolute Gasteiger partial charge is 0.323 e. The lowest BCUT2D eigenvalue weighted by Crippen LogP contribution is -2.50. The molecule has 1 atom stereocenters. The maximum Gasteiger partial charge on any atom is 0.323 e. The van der Waals surface area contributed by atoms with Gasteiger partial charge in [0.15, 0.2) is 0 Å². The third-order valence-corrected chi connectivity index (χ3v) is 4.24. The van der Waals surface area contributed by atoms with E-state index in [9.17, 15) is 9.59 Å². The van der Waals surface area contributed by atoms with Gasteiger partial charge in [-0.1, -0.05) is 25.1 Å². The van der Waals surface area contributed by atoms with Gasteiger partial charge in [-0.25, -0.2) is 0 Å². The second-order valence-electron chi connectivity index (χ2n) is 6.00. The molecule has 1 aliphatic heterocycles. The first-order valence-electron chi connectivity index (χ1n) is 8.69. The molecule has 3 rings (SSSR count). The zero-order valence-corrected chi connectivity index (χ0v) is 14.7. The van der Waals surface area contributed by atoms with E-state index < -0.39 is 6.04 Å². The van der Waals surface area contributed by atoms with Crippen molar-refractivity contribution < 1.29 is 19.1 Å². The summed E-state index contributed by atoms with van der Waals surface area (Å²) in [4.78, 5) is 26.2. The van der Waals surface area contributed by atoms with Crippen molar-refractivity contribution >= 4 is 17.6 Å². The summed E-state index contributed by atoms with van der Waals surface area (Å²) in [5, 5.41) is 2.82. The zero-order valence-electron chi connectivity index (χ0n) is 14.7. The number of carbonyl (C=O) groups is 2. The number of morpholine rings is 1. The van der Waals surface area contributed by atoms with E-state index >= 15 is 0 Å². The molecule has 0 aromatic heterocycles. The van der Waals surface area contributed by atoms with Crippen LogP contribution >= 0.6 is 0 Å². The van der Waals surface area contributed by atoms with Crippen molar-refractivity contribution in [2.45, 2.75) is 19.4 Å². The van der Waals surface area contributed by atoms with Crippen LogP contribution in [0, 0.1) is 0 Å². The number of para-hydroxylation sites is 1. The van der Waals surface area contributed by atoms with E-state index in [4.69, 9.17) is 9.47 Å². The Morgan fingerprint density at radius 3 is 2.54 bits per heavy atom. The molecule has 1 aliphatic rings. The molecular weight excluding hydrogens is 332 g/mol. The topological polar surface area (TPSA) is 67.9 Å². The predicted octanol–water partition coefficient (Wildman–Crippen LogP) is 3.05. The highest BCUT2D eigenvalue weighted by atomic mass is 16.5. The van der Waals surface area contributed by atoms with Crippen LogP contribution in [0.4, 0.5) is 5.69 Å². The fraction of sp³-hybridized carbons (Fsp3) is 0.300. The number of carbonyl (C=O) groups excluding carboxylic acids is 2. The van der Waals surface area contributed by atoms with Gasteiger partial charge in [0.05, 0.1) is 6.42 Å². The minimum absolute atomic E-state index is 0.0783. The van der Waals surface area contributed by atoms with Crippen LogP contribution in [0.25, 0.3) is 0 Å². The number of nitrogens with zero attached hydrogens (tertiary/aromatic N) is 1. The van der Waals surface area contributed by atoms with E-state index in [1.165, 1.54) is 0 Å². The van der Waals surface area contributed by atoms with Crippen LogP contribution in [0.3, 0.4) is 0 Å². The summed E-state index contributed by atoms with van der Waals surface area (Å²) in [7, 11) is 0. The molecular formula is C20H22N2O4. The maximum absolute atomic E-state index is 12.3. The van der Waals surface area contributed by atoms with Gasteiger partial charge < -0.3 is 14.8 Å². The largest absolute Gasteiger partial charge is 0.463 e. The van der Waals surface area contributed by atoms with E-state index in [0.29, 0.717) is 31.1 Å². The molecule has 0 saturated carbocycles. The normalized spacial score (nSPS) is 17.4. The first-order valence-corrected chi connectivity index (χ1v) is 8.69. The number of cyclic esters (lactones) is 1. The number of benzene rings is 2. The summed E-state index contributed by atoms with van der Waals surface area (Å²) >= 11 is 0. The fourth-order valence-corrected chi connectivity index (χ4v) is 2.87. The van der Waals surface area contributed by atoms with Crippen molar-refractivity contribution in [3.8, 4) is 11.5 Å². The van der Waals surface area contributed by atoms with Gasteiger partial charge in [-0.15, -0.1) is 0 Å². The summed E-state index contributed by atoms with van der Waals surface area (Å²) in [6, 6.07) is 16.1. The van der Waals surface area contributed by atoms with Crippen molar-refractivity contribution in [1.82, 2.24) is 4.90 Å². The molecule has 0 radical (unpaired) electrons. The third kappa shape index (κ3) is 4.61. The number of amides is 1. The lowest BCUT2D eigenvalue weighted by atomic mass is 10.1. The van der Waals surface area contributed by atoms with Crippen LogP contribution in [0.2, 0.25) is 0 Å². The molecule has 1 unspecified atom stereocenters. The van der Waals surface area contributed by atoms with Crippen molar-refractivity contribution in [2.75, 3.05) is 25.0 Å². The Kier molecular flexibility index (Phi) is 5.86. The lowest BCUT2D eigenvalue weighted by Gasteiger charge is -2.32. The van der Waals surface area contributed by atoms with Crippen LogP contribution in [-0.2, 0) is 14.3 Å². The Balaban J connectivity index is 1.56. The summed E-state index contributed by atoms with van der Waals surface area (Å²) in [6.45, 7) is 3.72. The molecule has 0 bridgehead atoms. The monoisotopic (exact) mass is 354 g/mol. The van der Waals surface area contributed by atoms with Crippen LogP contribution in [0.1, 0.15) is 13.3 Å². The van der Waals surface area contributed by atoms with Gasteiger partial charge in [-0.2, -0.15) is 0 Å². The SMILES string of the molecule is CCN1CCOC(=O)C1CC(=O)Nc1ccc(Oc2ccccc2)cc1. The Morgan fingerprint density at radius 2 is 1.85 bits per heavy atom. The van der Waals surface area contributed by atoms with E-state index in [0.717, 1.165) is 5.75 Å². The van der Waals surface area contributed by atoms with Crippen molar-refractivity contribution in [2.24, 2.45) is 0 Å². The second-order valence-corrected chi connectivity index (χ2v) is 6.00. The van der Waals surface area contributed by atoms with Crippen LogP contribution < -0.4 is 10.1 Å². The summed E-state index contributed by atoms with van der Waals surface area (Å²) in [6.07, 6.45) is 0.0783. The first kappa shape index (κ1) is 17.9. The molecule has 26 heavy (non-hydrogen) atoms. The Morgan fingerprint density at radius 1 is 1.15 bits per heavy atom. The van der Waals surface area contributed by atoms with Gasteiger partial charge in [0.2, 0.25) is 5.91 Å². The summed E-state index contributed by atoms with van der Waals surface area (Å²) in [5.41, 5.74) is 0.655. The summed E-state index contributed by atoms with van der Waals surface area (Å²) in [5.74, 6) is 0.880. The average Bonchev–Trinajstić information content (AvgIpc) is 2.66. The minimum atomic E-state index is -0.519. The van der Waals surface area contributed by atoms with Gasteiger partial charge in [0, 0.05) is 12.2 Å². The number of rotatable bonds is 6. The molecule has 2 aromatic rings. The lowest BCUT2D eigenvalue weighted by molar-refractivity contribution is -0.158. The quantitative estimate of drug-likeness (QED) is 0.808. The molecule has 0 aliphatic carbocycles. The molecule has 1 N–H and O–H groups in total. The van der Waals surface area contributed by atoms with Crippen LogP contribution in [0.5, 0.6) is 11.5 Å². The number of hydrogen-bond donors (Lipinski definition) is 1. The molecule has 1 fully saturated rings. The van der Waals surface area contributed by atoms with E-state index in [-0.39, 0.29) is 18.3 Å². The second kappa shape index (κ2) is 8.49. The molecule has 6 heteroatoms. The number of likely N-dealkylation sites (N-methyl/N-ethyl adjacent to an activating group) is 1. The predicted molar refractivity (Wildman–Crippen MR) is 98.2 cm³/mol. The zero-order chi connectivity index (χ0) is 18.4. The molecule has 0 spiro atoms. The van der Waals surface area contributed by atoms with Gasteiger partial charge in [-0.05, 0) is 42.9 Å². The Labute approximate surface area is 152 Å². The Bertz CT molecular complexity index is 746. The molecule has 6 nitrogen and oxygen atoms in total. The number of esters is 1. The van der Waals surface area contributed by atoms with E-state index in [2.05, 4.69) is 5.32 Å². The highest BCUT2D eigenvalue weighted by Crippen LogP contribution is 2.23. The first-order chi connectivity index (χ1) is 12.7. The van der Waals surface area contributed by atoms with Crippen LogP contribution in [0.15, 0.2) is 54.6 Å². The highest BCUT2D eigenvalue weighted by molar-refractivity contribution is 5.94. The van der Waals surface area contributed by atoms with Crippen molar-refractivity contribution in [3.63, 3.8) is 0 Å². The van der Waals surface area contributed by atoms with Crippen LogP contribution in [-0.4, -0.2) is 42.5 Å². The van der Waals surface area contributed by atoms with Crippen molar-refractivity contribution in [3.05, 3.63) is 54.6 Å². The van der Waals surface area contributed by atoms with E-state index in [1.807, 2.05) is 42.2 Å². The maximum atomic E-state index is 12.3. The molecule has 1 amide bonds. The molecule has 1 heterocycles. The molecule has 2 aromatic carbocycles. The number of anilines is 1. The number of hydrogen-bond acceptors (Lipinski definition) is 5. The standard InChI is InChI=1S/C20H22N2O4/c1-2-22-12-13-25-20(24)18(22)14-19(23)21-15-8-10-17(11-9-15)26-16-6-4-3-5-7-16/h3-11,18H,2,12-14H2,1H3,(H,21,23). The molecule has 1 saturated heterocycles.